The molecule has 40 heteroatoms. The molecule has 2 aromatic rings. The van der Waals surface area contributed by atoms with Crippen LogP contribution in [0.15, 0.2) is 48.5 Å². The molecule has 0 saturated carbocycles. The van der Waals surface area contributed by atoms with E-state index in [1.54, 1.807) is 18.2 Å². The smallest absolute Gasteiger partial charge is 0.319 e. The number of urea groups is 2. The Labute approximate surface area is 549 Å². The minimum Gasteiger partial charge on any atom is -0.394 e. The number of nitrogens with one attached hydrogen (secondary N) is 5. The van der Waals surface area contributed by atoms with Crippen molar-refractivity contribution in [2.75, 3.05) is 62.1 Å². The lowest BCUT2D eigenvalue weighted by atomic mass is 9.95. The van der Waals surface area contributed by atoms with E-state index in [1.165, 1.54) is 18.2 Å². The summed E-state index contributed by atoms with van der Waals surface area (Å²) in [5, 5.41) is 231. The monoisotopic (exact) mass is 1400 g/mol. The van der Waals surface area contributed by atoms with Crippen molar-refractivity contribution < 1.29 is 173 Å². The van der Waals surface area contributed by atoms with E-state index in [1.807, 2.05) is 12.1 Å². The molecule has 0 spiro atoms. The Morgan fingerprint density at radius 3 is 0.866 bits per heavy atom. The van der Waals surface area contributed by atoms with E-state index < -0.39 is 273 Å². The predicted octanol–water partition coefficient (Wildman–Crippen LogP) is -11.6. The first-order valence-electron chi connectivity index (χ1n) is 31.2. The van der Waals surface area contributed by atoms with E-state index in [-0.39, 0.29) is 23.6 Å². The Kier molecular flexibility index (Phi) is 24.1. The molecule has 16 bridgehead atoms. The molecule has 0 aromatic heterocycles. The van der Waals surface area contributed by atoms with Crippen molar-refractivity contribution in [3.8, 4) is 0 Å². The van der Waals surface area contributed by atoms with Gasteiger partial charge in [-0.25, -0.2) is 9.59 Å². The number of hydrogen-bond acceptors (Lipinski definition) is 36. The van der Waals surface area contributed by atoms with Crippen LogP contribution in [-0.2, 0) is 72.9 Å². The van der Waals surface area contributed by atoms with Crippen LogP contribution in [0.5, 0.6) is 0 Å². The van der Waals surface area contributed by atoms with Crippen LogP contribution in [0.25, 0.3) is 0 Å². The number of anilines is 3. The summed E-state index contributed by atoms with van der Waals surface area (Å²) >= 11 is 0. The van der Waals surface area contributed by atoms with Crippen LogP contribution in [-0.4, -0.2) is 370 Å². The van der Waals surface area contributed by atoms with Gasteiger partial charge in [0, 0.05) is 36.7 Å². The van der Waals surface area contributed by atoms with Gasteiger partial charge in [0.05, 0.1) is 33.0 Å². The molecule has 35 atom stereocenters. The lowest BCUT2D eigenvalue weighted by molar-refractivity contribution is -0.395. The molecule has 7 saturated heterocycles. The second-order valence-electron chi connectivity index (χ2n) is 24.6. The van der Waals surface area contributed by atoms with Crippen LogP contribution in [0, 0.1) is 0 Å². The maximum atomic E-state index is 14.1. The summed E-state index contributed by atoms with van der Waals surface area (Å²) in [5.74, 6) is 0. The molecular formula is C57H83N5O35. The van der Waals surface area contributed by atoms with Crippen LogP contribution < -0.4 is 26.6 Å². The molecule has 0 radical (unpaired) electrons. The largest absolute Gasteiger partial charge is 0.394 e. The highest BCUT2D eigenvalue weighted by atomic mass is 16.8. The summed E-state index contributed by atoms with van der Waals surface area (Å²) in [7, 11) is 0. The van der Waals surface area contributed by atoms with Crippen LogP contribution in [0.4, 0.5) is 26.7 Å². The summed E-state index contributed by atoms with van der Waals surface area (Å²) in [5.41, 5.74) is 1.00. The zero-order chi connectivity index (χ0) is 69.4. The number of ether oxygens (including phenoxy) is 14. The average Bonchev–Trinajstić information content (AvgIpc) is 0.800. The van der Waals surface area contributed by atoms with Gasteiger partial charge in [-0.3, -0.25) is 0 Å². The van der Waals surface area contributed by atoms with Crippen molar-refractivity contribution in [3.05, 3.63) is 54.1 Å². The molecule has 24 N–H and O–H groups in total. The molecule has 14 aliphatic rings. The highest BCUT2D eigenvalue weighted by Crippen LogP contribution is 2.39. The van der Waals surface area contributed by atoms with Gasteiger partial charge >= 0.3 is 12.1 Å². The van der Waals surface area contributed by atoms with E-state index in [2.05, 4.69) is 26.6 Å². The quantitative estimate of drug-likeness (QED) is 0.117. The summed E-state index contributed by atoms with van der Waals surface area (Å²) in [4.78, 5) is 28.3. The number of benzene rings is 2. The van der Waals surface area contributed by atoms with Crippen LogP contribution in [0.1, 0.15) is 5.56 Å². The van der Waals surface area contributed by atoms with Crippen molar-refractivity contribution in [2.45, 2.75) is 221 Å². The van der Waals surface area contributed by atoms with E-state index in [4.69, 9.17) is 66.3 Å². The van der Waals surface area contributed by atoms with Crippen LogP contribution in [0.3, 0.4) is 0 Å². The van der Waals surface area contributed by atoms with Gasteiger partial charge < -0.3 is 190 Å². The topological polar surface area (TPSA) is 608 Å². The number of aliphatic hydroxyl groups excluding tert-OH is 19. The van der Waals surface area contributed by atoms with Gasteiger partial charge in [0.25, 0.3) is 0 Å². The molecular weight excluding hydrogens is 1310 g/mol. The minimum absolute atomic E-state index is 0.0299. The van der Waals surface area contributed by atoms with Crippen molar-refractivity contribution in [1.82, 2.24) is 10.6 Å². The number of rotatable bonds is 8. The zero-order valence-electron chi connectivity index (χ0n) is 51.0. The van der Waals surface area contributed by atoms with Gasteiger partial charge in [-0.1, -0.05) is 30.3 Å². The number of aliphatic hydroxyl groups is 19. The normalized spacial score (nSPS) is 47.2. The van der Waals surface area contributed by atoms with Crippen molar-refractivity contribution in [3.63, 3.8) is 0 Å². The molecule has 2 aromatic carbocycles. The molecule has 14 heterocycles. The summed E-state index contributed by atoms with van der Waals surface area (Å²) in [6.07, 6.45) is -72.9. The Hall–Kier alpha value is -4.54. The maximum Gasteiger partial charge on any atom is 0.319 e. The van der Waals surface area contributed by atoms with E-state index in [0.717, 1.165) is 5.56 Å². The highest BCUT2D eigenvalue weighted by molar-refractivity contribution is 5.94. The number of amides is 4. The van der Waals surface area contributed by atoms with Gasteiger partial charge in [-0.2, -0.15) is 0 Å². The fourth-order valence-corrected chi connectivity index (χ4v) is 12.9. The standard InChI is InChI=1S/C57H83N5O35/c63-12-23-44-32(72)39(79)53(88-23)95-46-25(14-65)86-51(37(77)30(46)70)91-42-21-10-59-56(82)61-19-6-18(58-9-17-4-2-1-3-5-17)7-20(8-19)62-57(83)60-11-22-43(28(68)35(75)49(84-22)93-44)92-52-38(78)31(71)47(26(15-66)87-52)96-55-41(81)34(74)48(27(16-67)90-55)97-54-40(80)33(73)45(24(13-64)89-54)94-50(85-21)36(76)29(42)69/h1-8,21-55,58,63-81H,9-16H2,(H2,59,61,82)(H2,60,62,83)/t21-,22-,23-,24-,25-,26-,27-,28?,29?,30?,31?,32?,33?,34?,35?,36?,37?,38?,39?,40?,41?,42-,43-,44-,45-,46-,47-,48-,49-,50-,51-,52-,53-,54-,55-/m1/s1. The number of hydrogen-bond donors (Lipinski definition) is 24. The van der Waals surface area contributed by atoms with Crippen LogP contribution in [0.2, 0.25) is 0 Å². The maximum absolute atomic E-state index is 14.1. The molecule has 14 unspecified atom stereocenters. The second-order valence-corrected chi connectivity index (χ2v) is 24.6. The summed E-state index contributed by atoms with van der Waals surface area (Å²) in [6.45, 7) is -6.80. The Morgan fingerprint density at radius 2 is 0.588 bits per heavy atom. The van der Waals surface area contributed by atoms with Gasteiger partial charge in [0.15, 0.2) is 44.0 Å². The third-order valence-electron chi connectivity index (χ3n) is 18.1. The van der Waals surface area contributed by atoms with Crippen molar-refractivity contribution in [1.29, 1.82) is 0 Å². The molecule has 0 aliphatic carbocycles. The Bertz CT molecular complexity index is 2880. The lowest BCUT2D eigenvalue weighted by Gasteiger charge is -2.50. The molecule has 4 amide bonds. The molecule has 14 aliphatic heterocycles. The third-order valence-corrected chi connectivity index (χ3v) is 18.1. The lowest BCUT2D eigenvalue weighted by Crippen LogP contribution is -2.68. The van der Waals surface area contributed by atoms with E-state index >= 15 is 0 Å². The van der Waals surface area contributed by atoms with Gasteiger partial charge in [0.1, 0.15) is 171 Å². The first-order valence-corrected chi connectivity index (χ1v) is 31.2. The number of fused-ring (bicyclic) bond motifs is 5. The molecule has 40 nitrogen and oxygen atoms in total. The Balaban J connectivity index is 0.993. The van der Waals surface area contributed by atoms with E-state index in [9.17, 15) is 107 Å². The van der Waals surface area contributed by atoms with Gasteiger partial charge in [-0.15, -0.1) is 0 Å². The fourth-order valence-electron chi connectivity index (χ4n) is 12.9. The first-order chi connectivity index (χ1) is 46.4. The number of carbonyl (C=O) groups excluding carboxylic acids is 2. The molecule has 16 rings (SSSR count). The third kappa shape index (κ3) is 15.6. The highest BCUT2D eigenvalue weighted by Gasteiger charge is 2.60. The van der Waals surface area contributed by atoms with Crippen LogP contribution >= 0.6 is 0 Å². The average molecular weight is 1400 g/mol. The fraction of sp³-hybridized carbons (Fsp3) is 0.754. The van der Waals surface area contributed by atoms with Gasteiger partial charge in [-0.05, 0) is 23.8 Å². The molecule has 97 heavy (non-hydrogen) atoms. The molecule has 7 fully saturated rings. The molecule has 546 valence electrons. The SMILES string of the molecule is O=C1NC[C@H]2O[C@@H]3O[C@H]4C(O)C(O)[C@H](O[C@@H]4CO)O[C@H]4C(O)C(O)[C@H](O[C@@H]4CO)O[C@H]4C(O)C(O)[C@H](O[C@@H]4CNC(=O)Nc4cc(NCc5ccccc5)cc(c4)N1)O[C@H]1C(O)C(O)[C@H](O[C@@H]1CO)O[C@H]1C(O)C(O)[C@H](O[C@@H]1CO)O[C@H]1C(O)C(O)[C@H](O[C@@H]1CO)O[C@H]2C(O)C3O. The van der Waals surface area contributed by atoms with Gasteiger partial charge in [0.2, 0.25) is 0 Å². The summed E-state index contributed by atoms with van der Waals surface area (Å²) < 4.78 is 82.8. The first kappa shape index (κ1) is 73.7. The van der Waals surface area contributed by atoms with Crippen molar-refractivity contribution >= 4 is 29.1 Å². The minimum atomic E-state index is -2.31. The predicted molar refractivity (Wildman–Crippen MR) is 309 cm³/mol. The second kappa shape index (κ2) is 31.8. The summed E-state index contributed by atoms with van der Waals surface area (Å²) in [6, 6.07) is 11.1. The zero-order valence-corrected chi connectivity index (χ0v) is 51.0. The van der Waals surface area contributed by atoms with E-state index in [0.29, 0.717) is 0 Å². The Morgan fingerprint density at radius 1 is 0.330 bits per heavy atom. The van der Waals surface area contributed by atoms with Crippen molar-refractivity contribution in [2.24, 2.45) is 0 Å². The number of carbonyl (C=O) groups is 2.